The number of esters is 2. The molecule has 0 saturated heterocycles. The van der Waals surface area contributed by atoms with E-state index in [1.807, 2.05) is 18.2 Å². The van der Waals surface area contributed by atoms with Crippen molar-refractivity contribution >= 4 is 11.9 Å². The van der Waals surface area contributed by atoms with E-state index < -0.39 is 11.9 Å². The van der Waals surface area contributed by atoms with E-state index in [1.54, 1.807) is 48.5 Å². The molecule has 0 heterocycles. The summed E-state index contributed by atoms with van der Waals surface area (Å²) in [5, 5.41) is 0. The Labute approximate surface area is 215 Å². The molecule has 0 radical (unpaired) electrons. The van der Waals surface area contributed by atoms with Crippen molar-refractivity contribution in [3.63, 3.8) is 0 Å². The zero-order chi connectivity index (χ0) is 26.5. The van der Waals surface area contributed by atoms with Crippen molar-refractivity contribution in [2.24, 2.45) is 11.3 Å². The van der Waals surface area contributed by atoms with Gasteiger partial charge in [0, 0.05) is 0 Å². The molecule has 3 aromatic carbocycles. The minimum atomic E-state index is -0.492. The second-order valence-corrected chi connectivity index (χ2v) is 11.7. The largest absolute Gasteiger partial charge is 0.419 e. The quantitative estimate of drug-likeness (QED) is 0.239. The second kappa shape index (κ2) is 11.1. The van der Waals surface area contributed by atoms with Crippen molar-refractivity contribution in [3.8, 4) is 11.5 Å². The van der Waals surface area contributed by atoms with Crippen LogP contribution >= 0.6 is 0 Å². The van der Waals surface area contributed by atoms with Crippen LogP contribution in [0.15, 0.2) is 72.8 Å². The highest BCUT2D eigenvalue weighted by Gasteiger charge is 2.30. The maximum Gasteiger partial charge on any atom is 0.343 e. The standard InChI is InChI=1S/C32H38O4/c1-22(2)18-25-19-26(32(6,7)21-31(3,4)5)20-27(35-29(33)23-14-10-8-11-15-23)28(25)36-30(34)24-16-12-9-13-17-24/h8-17,19-20,22H,18,21H2,1-7H3. The SMILES string of the molecule is CC(C)Cc1cc(C(C)(C)CC(C)(C)C)cc(OC(=O)c2ccccc2)c1OC(=O)c1ccccc1. The Morgan fingerprint density at radius 3 is 1.72 bits per heavy atom. The van der Waals surface area contributed by atoms with Gasteiger partial charge in [0.1, 0.15) is 0 Å². The Kier molecular flexibility index (Phi) is 8.39. The van der Waals surface area contributed by atoms with Crippen LogP contribution in [0.2, 0.25) is 0 Å². The minimum Gasteiger partial charge on any atom is -0.419 e. The number of hydrogen-bond acceptors (Lipinski definition) is 4. The molecular formula is C32H38O4. The lowest BCUT2D eigenvalue weighted by Crippen LogP contribution is -2.25. The molecule has 0 saturated carbocycles. The first-order valence-electron chi connectivity index (χ1n) is 12.6. The molecule has 0 bridgehead atoms. The van der Waals surface area contributed by atoms with E-state index in [2.05, 4.69) is 54.5 Å². The molecule has 36 heavy (non-hydrogen) atoms. The fraction of sp³-hybridized carbons (Fsp3) is 0.375. The predicted octanol–water partition coefficient (Wildman–Crippen LogP) is 8.04. The first-order chi connectivity index (χ1) is 16.9. The van der Waals surface area contributed by atoms with Crippen molar-refractivity contribution in [2.75, 3.05) is 0 Å². The van der Waals surface area contributed by atoms with Gasteiger partial charge in [-0.2, -0.15) is 0 Å². The summed E-state index contributed by atoms with van der Waals surface area (Å²) in [5.74, 6) is -0.105. The first-order valence-corrected chi connectivity index (χ1v) is 12.6. The van der Waals surface area contributed by atoms with Gasteiger partial charge in [0.25, 0.3) is 0 Å². The van der Waals surface area contributed by atoms with Gasteiger partial charge in [-0.05, 0) is 71.0 Å². The van der Waals surface area contributed by atoms with Crippen molar-refractivity contribution in [2.45, 2.75) is 66.7 Å². The molecule has 4 nitrogen and oxygen atoms in total. The summed E-state index contributed by atoms with van der Waals surface area (Å²) >= 11 is 0. The Bertz CT molecular complexity index is 1190. The summed E-state index contributed by atoms with van der Waals surface area (Å²) < 4.78 is 11.9. The van der Waals surface area contributed by atoms with Crippen molar-refractivity contribution in [1.29, 1.82) is 0 Å². The van der Waals surface area contributed by atoms with Crippen LogP contribution in [0.5, 0.6) is 11.5 Å². The van der Waals surface area contributed by atoms with Gasteiger partial charge in [-0.25, -0.2) is 9.59 Å². The van der Waals surface area contributed by atoms with Gasteiger partial charge in [-0.3, -0.25) is 0 Å². The Hall–Kier alpha value is -3.40. The van der Waals surface area contributed by atoms with Gasteiger partial charge in [0.2, 0.25) is 0 Å². The Morgan fingerprint density at radius 1 is 0.750 bits per heavy atom. The lowest BCUT2D eigenvalue weighted by Gasteiger charge is -2.34. The van der Waals surface area contributed by atoms with E-state index in [4.69, 9.17) is 9.47 Å². The summed E-state index contributed by atoms with van der Waals surface area (Å²) in [4.78, 5) is 26.1. The van der Waals surface area contributed by atoms with Crippen LogP contribution < -0.4 is 9.47 Å². The van der Waals surface area contributed by atoms with Gasteiger partial charge < -0.3 is 9.47 Å². The number of ether oxygens (including phenoxy) is 2. The maximum atomic E-state index is 13.1. The van der Waals surface area contributed by atoms with E-state index in [1.165, 1.54) is 0 Å². The molecule has 0 fully saturated rings. The highest BCUT2D eigenvalue weighted by Crippen LogP contribution is 2.43. The zero-order valence-corrected chi connectivity index (χ0v) is 22.6. The molecular weight excluding hydrogens is 448 g/mol. The first kappa shape index (κ1) is 27.2. The highest BCUT2D eigenvalue weighted by molar-refractivity contribution is 5.93. The topological polar surface area (TPSA) is 52.6 Å². The molecule has 0 aromatic heterocycles. The average Bonchev–Trinajstić information content (AvgIpc) is 2.80. The van der Waals surface area contributed by atoms with Crippen molar-refractivity contribution in [1.82, 2.24) is 0 Å². The van der Waals surface area contributed by atoms with Crippen molar-refractivity contribution in [3.05, 3.63) is 95.1 Å². The van der Waals surface area contributed by atoms with Gasteiger partial charge in [-0.15, -0.1) is 0 Å². The molecule has 0 atom stereocenters. The molecule has 0 aliphatic rings. The van der Waals surface area contributed by atoms with Crippen LogP contribution in [0, 0.1) is 11.3 Å². The predicted molar refractivity (Wildman–Crippen MR) is 145 cm³/mol. The van der Waals surface area contributed by atoms with E-state index in [0.717, 1.165) is 17.5 Å². The normalized spacial score (nSPS) is 11.9. The monoisotopic (exact) mass is 486 g/mol. The van der Waals surface area contributed by atoms with Crippen molar-refractivity contribution < 1.29 is 19.1 Å². The van der Waals surface area contributed by atoms with Crippen LogP contribution in [-0.4, -0.2) is 11.9 Å². The summed E-state index contributed by atoms with van der Waals surface area (Å²) in [7, 11) is 0. The van der Waals surface area contributed by atoms with E-state index in [9.17, 15) is 9.59 Å². The second-order valence-electron chi connectivity index (χ2n) is 11.7. The summed E-state index contributed by atoms with van der Waals surface area (Å²) in [6, 6.07) is 21.7. The summed E-state index contributed by atoms with van der Waals surface area (Å²) in [5.41, 5.74) is 2.67. The van der Waals surface area contributed by atoms with E-state index in [0.29, 0.717) is 29.2 Å². The molecule has 0 aliphatic heterocycles. The molecule has 3 aromatic rings. The van der Waals surface area contributed by atoms with E-state index in [-0.39, 0.29) is 16.6 Å². The number of hydrogen-bond donors (Lipinski definition) is 0. The number of benzene rings is 3. The molecule has 3 rings (SSSR count). The lowest BCUT2D eigenvalue weighted by molar-refractivity contribution is 0.0680. The zero-order valence-electron chi connectivity index (χ0n) is 22.6. The molecule has 0 aliphatic carbocycles. The summed E-state index contributed by atoms with van der Waals surface area (Å²) in [6.07, 6.45) is 1.60. The Balaban J connectivity index is 2.14. The van der Waals surface area contributed by atoms with Gasteiger partial charge in [-0.1, -0.05) is 90.9 Å². The van der Waals surface area contributed by atoms with Gasteiger partial charge in [0.15, 0.2) is 11.5 Å². The number of carbonyl (C=O) groups is 2. The fourth-order valence-electron chi connectivity index (χ4n) is 4.72. The number of carbonyl (C=O) groups excluding carboxylic acids is 2. The van der Waals surface area contributed by atoms with Crippen LogP contribution in [-0.2, 0) is 11.8 Å². The fourth-order valence-corrected chi connectivity index (χ4v) is 4.72. The maximum absolute atomic E-state index is 13.1. The highest BCUT2D eigenvalue weighted by atomic mass is 16.6. The van der Waals surface area contributed by atoms with E-state index >= 15 is 0 Å². The third-order valence-electron chi connectivity index (χ3n) is 5.93. The van der Waals surface area contributed by atoms with Crippen LogP contribution in [0.3, 0.4) is 0 Å². The molecule has 0 amide bonds. The molecule has 190 valence electrons. The molecule has 0 unspecified atom stereocenters. The van der Waals surface area contributed by atoms with Crippen LogP contribution in [0.4, 0.5) is 0 Å². The smallest absolute Gasteiger partial charge is 0.343 e. The summed E-state index contributed by atoms with van der Waals surface area (Å²) in [6.45, 7) is 15.3. The minimum absolute atomic E-state index is 0.0983. The molecule has 4 heteroatoms. The Morgan fingerprint density at radius 2 is 1.25 bits per heavy atom. The number of rotatable bonds is 8. The third-order valence-corrected chi connectivity index (χ3v) is 5.93. The average molecular weight is 487 g/mol. The third kappa shape index (κ3) is 7.30. The van der Waals surface area contributed by atoms with Gasteiger partial charge >= 0.3 is 11.9 Å². The lowest BCUT2D eigenvalue weighted by atomic mass is 9.72. The van der Waals surface area contributed by atoms with Crippen LogP contribution in [0.1, 0.15) is 86.7 Å². The molecule has 0 N–H and O–H groups in total. The molecule has 0 spiro atoms. The van der Waals surface area contributed by atoms with Crippen LogP contribution in [0.25, 0.3) is 0 Å². The van der Waals surface area contributed by atoms with Gasteiger partial charge in [0.05, 0.1) is 11.1 Å².